The molecule has 0 saturated heterocycles. The van der Waals surface area contributed by atoms with E-state index in [0.717, 1.165) is 96.1 Å². The number of carboxylic acids is 1. The second kappa shape index (κ2) is 19.9. The fourth-order valence-corrected chi connectivity index (χ4v) is 11.4. The summed E-state index contributed by atoms with van der Waals surface area (Å²) in [5, 5.41) is 18.7. The van der Waals surface area contributed by atoms with Crippen LogP contribution in [-0.2, 0) is 14.4 Å². The van der Waals surface area contributed by atoms with E-state index in [0.29, 0.717) is 53.6 Å². The van der Waals surface area contributed by atoms with E-state index >= 15 is 9.59 Å². The van der Waals surface area contributed by atoms with Crippen molar-refractivity contribution in [3.8, 4) is 28.3 Å². The summed E-state index contributed by atoms with van der Waals surface area (Å²) in [6.07, 6.45) is 13.2. The number of amides is 2. The summed E-state index contributed by atoms with van der Waals surface area (Å²) in [6.45, 7) is 12.1. The molecular weight excluding hydrogens is 841 g/mol. The molecule has 1 N–H and O–H groups in total. The number of unbranched alkanes of at least 4 members (excludes halogenated alkanes) is 2. The number of carbonyl (C=O) groups excluding carboxylic acids is 2. The van der Waals surface area contributed by atoms with Gasteiger partial charge in [-0.05, 0) is 120 Å². The monoisotopic (exact) mass is 904 g/mol. The minimum Gasteiger partial charge on any atom is -0.477 e. The highest BCUT2D eigenvalue weighted by Crippen LogP contribution is 2.54. The highest BCUT2D eigenvalue weighted by atomic mass is 16.4. The van der Waals surface area contributed by atoms with Gasteiger partial charge in [0.15, 0.2) is 0 Å². The summed E-state index contributed by atoms with van der Waals surface area (Å²) in [7, 11) is 0. The zero-order valence-electron chi connectivity index (χ0n) is 40.4. The van der Waals surface area contributed by atoms with Crippen LogP contribution >= 0.6 is 0 Å². The zero-order chi connectivity index (χ0) is 47.6. The van der Waals surface area contributed by atoms with Gasteiger partial charge in [-0.1, -0.05) is 145 Å². The van der Waals surface area contributed by atoms with E-state index in [4.69, 9.17) is 0 Å². The molecule has 3 aliphatic heterocycles. The Morgan fingerprint density at radius 2 is 1.22 bits per heavy atom. The summed E-state index contributed by atoms with van der Waals surface area (Å²) in [4.78, 5) is 48.6. The third-order valence-corrected chi connectivity index (χ3v) is 15.3. The van der Waals surface area contributed by atoms with Crippen molar-refractivity contribution >= 4 is 57.8 Å². The number of fused-ring (bicyclic) bond motifs is 5. The lowest BCUT2D eigenvalue weighted by molar-refractivity contribution is -0.132. The Balaban J connectivity index is 1.15. The van der Waals surface area contributed by atoms with Crippen molar-refractivity contribution in [1.82, 2.24) is 0 Å². The van der Waals surface area contributed by atoms with E-state index in [1.54, 1.807) is 18.2 Å². The second-order valence-corrected chi connectivity index (χ2v) is 19.6. The van der Waals surface area contributed by atoms with E-state index in [2.05, 4.69) is 106 Å². The Kier molecular flexibility index (Phi) is 13.5. The highest BCUT2D eigenvalue weighted by Gasteiger charge is 2.44. The van der Waals surface area contributed by atoms with Crippen LogP contribution in [0, 0.1) is 30.1 Å². The molecule has 1 aliphatic carbocycles. The number of carbonyl (C=O) groups is 3. The predicted octanol–water partition coefficient (Wildman–Crippen LogP) is 14.1. The number of hydrogen-bond acceptors (Lipinski definition) is 5. The molecule has 5 aromatic rings. The first kappa shape index (κ1) is 46.4. The van der Waals surface area contributed by atoms with Crippen LogP contribution in [0.15, 0.2) is 109 Å². The van der Waals surface area contributed by atoms with Crippen LogP contribution in [-0.4, -0.2) is 42.0 Å². The van der Waals surface area contributed by atoms with Crippen molar-refractivity contribution in [3.63, 3.8) is 0 Å². The summed E-state index contributed by atoms with van der Waals surface area (Å²) in [5.74, 6) is -0.425. The first-order valence-electron chi connectivity index (χ1n) is 25.2. The van der Waals surface area contributed by atoms with Crippen LogP contribution in [0.3, 0.4) is 0 Å². The molecule has 5 aromatic carbocycles. The van der Waals surface area contributed by atoms with Gasteiger partial charge in [0, 0.05) is 47.6 Å². The van der Waals surface area contributed by atoms with Gasteiger partial charge in [0.2, 0.25) is 0 Å². The number of benzene rings is 5. The molecule has 9 rings (SSSR count). The number of aliphatic carboxylic acids is 1. The van der Waals surface area contributed by atoms with Gasteiger partial charge in [-0.25, -0.2) is 4.79 Å². The van der Waals surface area contributed by atoms with Crippen molar-refractivity contribution in [2.24, 2.45) is 11.8 Å². The fraction of sp³-hybridized carbons (Fsp3) is 0.367. The number of anilines is 4. The van der Waals surface area contributed by atoms with E-state index in [9.17, 15) is 15.2 Å². The Bertz CT molecular complexity index is 2850. The number of rotatable bonds is 17. The molecule has 4 atom stereocenters. The van der Waals surface area contributed by atoms with E-state index < -0.39 is 5.97 Å². The molecular formula is C60H64N4O4. The topological polar surface area (TPSA) is 105 Å². The van der Waals surface area contributed by atoms with Crippen LogP contribution in [0.5, 0.6) is 0 Å². The highest BCUT2D eigenvalue weighted by molar-refractivity contribution is 6.50. The van der Waals surface area contributed by atoms with Crippen molar-refractivity contribution in [2.75, 3.05) is 27.8 Å². The van der Waals surface area contributed by atoms with Crippen molar-refractivity contribution in [2.45, 2.75) is 117 Å². The molecule has 8 heteroatoms. The quantitative estimate of drug-likeness (QED) is 0.0736. The van der Waals surface area contributed by atoms with Crippen LogP contribution in [0.4, 0.5) is 22.7 Å². The molecule has 0 aromatic heterocycles. The van der Waals surface area contributed by atoms with E-state index in [1.807, 2.05) is 34.1 Å². The van der Waals surface area contributed by atoms with Crippen LogP contribution < -0.4 is 14.7 Å². The van der Waals surface area contributed by atoms with Crippen LogP contribution in [0.25, 0.3) is 39.5 Å². The van der Waals surface area contributed by atoms with Crippen molar-refractivity contribution in [1.29, 1.82) is 5.26 Å². The van der Waals surface area contributed by atoms with Crippen molar-refractivity contribution in [3.05, 3.63) is 137 Å². The second-order valence-electron chi connectivity index (χ2n) is 19.6. The molecule has 4 aliphatic rings. The van der Waals surface area contributed by atoms with Crippen LogP contribution in [0.2, 0.25) is 0 Å². The number of carboxylic acid groups (broad SMARTS) is 1. The number of hydrogen-bond donors (Lipinski definition) is 1. The molecule has 1 saturated carbocycles. The maximum atomic E-state index is 15.4. The van der Waals surface area contributed by atoms with Crippen molar-refractivity contribution < 1.29 is 19.5 Å². The summed E-state index contributed by atoms with van der Waals surface area (Å²) in [5.41, 5.74) is 13.7. The number of nitrogens with zero attached hydrogens (tertiary/aromatic N) is 4. The normalized spacial score (nSPS) is 19.2. The Labute approximate surface area is 402 Å². The first-order chi connectivity index (χ1) is 33.1. The molecule has 0 spiro atoms. The average molecular weight is 905 g/mol. The summed E-state index contributed by atoms with van der Waals surface area (Å²) in [6, 6.07) is 38.0. The zero-order valence-corrected chi connectivity index (χ0v) is 40.4. The lowest BCUT2D eigenvalue weighted by Gasteiger charge is -2.27. The number of nitriles is 1. The molecule has 2 amide bonds. The molecule has 68 heavy (non-hydrogen) atoms. The summed E-state index contributed by atoms with van der Waals surface area (Å²) < 4.78 is 0. The Hall–Kier alpha value is -6.72. The molecule has 1 fully saturated rings. The van der Waals surface area contributed by atoms with Crippen LogP contribution in [0.1, 0.15) is 132 Å². The van der Waals surface area contributed by atoms with Gasteiger partial charge in [-0.3, -0.25) is 9.59 Å². The standard InChI is InChI=1S/C60H64N4O4/c1-6-10-13-39(8-3)36-62-54-33-44(42-21-19-41(20-22-42)31-46(35-61)60(67)68)23-28-49(54)56(58(62)65)57-50-29-24-45(34-55(50)63(59(57)66)37-40(9-4)14-11-7-2)43-25-30-53-51(32-43)48-15-12-16-52(48)64(53)47-26-17-38(5)18-27-47/h17-34,39-40,48,52H,6-16,36-37H2,1-5H3,(H,67,68)/b46-31-,57-56-. The molecule has 0 bridgehead atoms. The van der Waals surface area contributed by atoms with Gasteiger partial charge in [0.05, 0.1) is 22.5 Å². The van der Waals surface area contributed by atoms with Gasteiger partial charge in [-0.15, -0.1) is 0 Å². The SMILES string of the molecule is CCCCC(CC)CN1C(=O)/C(=C2\C(=O)N(CC(CC)CCCC)c3cc(-c4ccc5c(c4)C4CCCC4N5c4ccc(C)cc4)ccc32)c2ccc(-c3ccc(/C=C(/C#N)C(=O)O)cc3)cc21. The maximum Gasteiger partial charge on any atom is 0.346 e. The molecule has 8 nitrogen and oxygen atoms in total. The van der Waals surface area contributed by atoms with Gasteiger partial charge in [0.1, 0.15) is 11.6 Å². The Morgan fingerprint density at radius 3 is 1.75 bits per heavy atom. The van der Waals surface area contributed by atoms with Gasteiger partial charge in [0.25, 0.3) is 11.8 Å². The first-order valence-corrected chi connectivity index (χ1v) is 25.2. The van der Waals surface area contributed by atoms with Gasteiger partial charge in [-0.2, -0.15) is 5.26 Å². The van der Waals surface area contributed by atoms with Gasteiger partial charge < -0.3 is 19.8 Å². The minimum atomic E-state index is -1.27. The average Bonchev–Trinajstić information content (AvgIpc) is 4.09. The largest absolute Gasteiger partial charge is 0.477 e. The predicted molar refractivity (Wildman–Crippen MR) is 277 cm³/mol. The smallest absolute Gasteiger partial charge is 0.346 e. The maximum absolute atomic E-state index is 15.4. The third-order valence-electron chi connectivity index (χ3n) is 15.3. The third kappa shape index (κ3) is 8.68. The molecule has 3 heterocycles. The lowest BCUT2D eigenvalue weighted by atomic mass is 9.92. The molecule has 4 unspecified atom stereocenters. The van der Waals surface area contributed by atoms with E-state index in [-0.39, 0.29) is 17.4 Å². The summed E-state index contributed by atoms with van der Waals surface area (Å²) >= 11 is 0. The molecule has 348 valence electrons. The minimum absolute atomic E-state index is 0.108. The van der Waals surface area contributed by atoms with Gasteiger partial charge >= 0.3 is 5.97 Å². The lowest BCUT2D eigenvalue weighted by Crippen LogP contribution is -2.34. The number of aryl methyl sites for hydroxylation is 1. The fourth-order valence-electron chi connectivity index (χ4n) is 11.4. The van der Waals surface area contributed by atoms with E-state index in [1.165, 1.54) is 47.8 Å². The Morgan fingerprint density at radius 1 is 0.691 bits per heavy atom. The molecule has 0 radical (unpaired) electrons.